The fourth-order valence-corrected chi connectivity index (χ4v) is 2.99. The fourth-order valence-electron chi connectivity index (χ4n) is 2.99. The monoisotopic (exact) mass is 297 g/mol. The van der Waals surface area contributed by atoms with Crippen LogP contribution in [0.25, 0.3) is 0 Å². The van der Waals surface area contributed by atoms with E-state index in [0.29, 0.717) is 12.0 Å². The molecule has 0 spiro atoms. The molecule has 3 nitrogen and oxygen atoms in total. The third-order valence-electron chi connectivity index (χ3n) is 4.39. The number of aryl methyl sites for hydroxylation is 1. The Morgan fingerprint density at radius 1 is 1.23 bits per heavy atom. The summed E-state index contributed by atoms with van der Waals surface area (Å²) < 4.78 is 5.27. The number of benzene rings is 2. The maximum atomic E-state index is 9.48. The smallest absolute Gasteiger partial charge is 0.124 e. The Balaban J connectivity index is 1.87. The zero-order chi connectivity index (χ0) is 15.5. The van der Waals surface area contributed by atoms with E-state index in [1.54, 1.807) is 7.11 Å². The van der Waals surface area contributed by atoms with E-state index in [4.69, 9.17) is 4.74 Å². The zero-order valence-corrected chi connectivity index (χ0v) is 13.2. The van der Waals surface area contributed by atoms with Crippen molar-refractivity contribution in [1.82, 2.24) is 0 Å². The number of anilines is 1. The summed E-state index contributed by atoms with van der Waals surface area (Å²) in [5.41, 5.74) is 4.53. The molecule has 1 unspecified atom stereocenters. The minimum Gasteiger partial charge on any atom is -0.496 e. The molecule has 1 aliphatic carbocycles. The number of methoxy groups -OCH3 is 1. The van der Waals surface area contributed by atoms with Gasteiger partial charge in [0.1, 0.15) is 5.75 Å². The summed E-state index contributed by atoms with van der Waals surface area (Å²) in [6.07, 6.45) is 2.55. The highest BCUT2D eigenvalue weighted by Crippen LogP contribution is 2.44. The van der Waals surface area contributed by atoms with Gasteiger partial charge in [0, 0.05) is 11.3 Å². The van der Waals surface area contributed by atoms with Crippen molar-refractivity contribution in [3.05, 3.63) is 59.2 Å². The van der Waals surface area contributed by atoms with E-state index in [9.17, 15) is 5.11 Å². The minimum absolute atomic E-state index is 0.0167. The predicted octanol–water partition coefficient (Wildman–Crippen LogP) is 4.06. The lowest BCUT2D eigenvalue weighted by atomic mass is 9.97. The van der Waals surface area contributed by atoms with Crippen LogP contribution in [0.4, 0.5) is 5.69 Å². The van der Waals surface area contributed by atoms with Gasteiger partial charge >= 0.3 is 0 Å². The summed E-state index contributed by atoms with van der Waals surface area (Å²) in [5, 5.41) is 13.1. The van der Waals surface area contributed by atoms with Gasteiger partial charge in [0.15, 0.2) is 0 Å². The first kappa shape index (κ1) is 14.9. The highest BCUT2D eigenvalue weighted by Gasteiger charge is 2.33. The summed E-state index contributed by atoms with van der Waals surface area (Å²) in [7, 11) is 1.63. The van der Waals surface area contributed by atoms with Crippen molar-refractivity contribution in [2.75, 3.05) is 12.4 Å². The summed E-state index contributed by atoms with van der Waals surface area (Å²) in [4.78, 5) is 0. The molecule has 1 fully saturated rings. The molecule has 0 bridgehead atoms. The van der Waals surface area contributed by atoms with Crippen molar-refractivity contribution in [3.8, 4) is 5.75 Å². The maximum absolute atomic E-state index is 9.48. The second-order valence-corrected chi connectivity index (χ2v) is 6.00. The van der Waals surface area contributed by atoms with Gasteiger partial charge in [-0.15, -0.1) is 0 Å². The molecule has 22 heavy (non-hydrogen) atoms. The molecule has 2 aromatic rings. The van der Waals surface area contributed by atoms with Gasteiger partial charge in [-0.05, 0) is 55.0 Å². The van der Waals surface area contributed by atoms with Crippen LogP contribution in [0.5, 0.6) is 5.75 Å². The Kier molecular flexibility index (Phi) is 4.34. The van der Waals surface area contributed by atoms with Crippen molar-refractivity contribution in [3.63, 3.8) is 0 Å². The van der Waals surface area contributed by atoms with Gasteiger partial charge in [-0.3, -0.25) is 0 Å². The number of nitrogens with one attached hydrogen (secondary N) is 1. The third kappa shape index (κ3) is 3.09. The third-order valence-corrected chi connectivity index (χ3v) is 4.39. The number of rotatable bonds is 6. The van der Waals surface area contributed by atoms with Crippen LogP contribution in [0.2, 0.25) is 0 Å². The Hall–Kier alpha value is -2.00. The van der Waals surface area contributed by atoms with Crippen molar-refractivity contribution in [2.45, 2.75) is 32.4 Å². The van der Waals surface area contributed by atoms with Gasteiger partial charge in [0.05, 0.1) is 19.8 Å². The molecule has 0 amide bonds. The Morgan fingerprint density at radius 3 is 2.64 bits per heavy atom. The van der Waals surface area contributed by atoms with Gasteiger partial charge in [-0.2, -0.15) is 0 Å². The van der Waals surface area contributed by atoms with E-state index >= 15 is 0 Å². The zero-order valence-electron chi connectivity index (χ0n) is 13.2. The molecule has 2 N–H and O–H groups in total. The highest BCUT2D eigenvalue weighted by atomic mass is 16.5. The molecular weight excluding hydrogens is 274 g/mol. The van der Waals surface area contributed by atoms with E-state index in [1.165, 1.54) is 24.0 Å². The summed E-state index contributed by atoms with van der Waals surface area (Å²) in [6, 6.07) is 14.8. The largest absolute Gasteiger partial charge is 0.496 e. The van der Waals surface area contributed by atoms with Crippen LogP contribution in [0.1, 0.15) is 35.6 Å². The lowest BCUT2D eigenvalue weighted by molar-refractivity contribution is 0.274. The van der Waals surface area contributed by atoms with Crippen LogP contribution in [0.3, 0.4) is 0 Å². The Morgan fingerprint density at radius 2 is 2.00 bits per heavy atom. The molecule has 0 heterocycles. The van der Waals surface area contributed by atoms with E-state index in [2.05, 4.69) is 36.5 Å². The normalized spacial score (nSPS) is 15.4. The second-order valence-electron chi connectivity index (χ2n) is 6.00. The topological polar surface area (TPSA) is 41.5 Å². The van der Waals surface area contributed by atoms with E-state index in [-0.39, 0.29) is 6.61 Å². The van der Waals surface area contributed by atoms with Crippen LogP contribution < -0.4 is 10.1 Å². The van der Waals surface area contributed by atoms with E-state index in [0.717, 1.165) is 17.0 Å². The minimum atomic E-state index is -0.0167. The molecule has 2 aromatic carbocycles. The molecule has 0 aromatic heterocycles. The SMILES string of the molecule is COc1ccc(NC(c2ccccc2C)C2CC2)cc1CO. The van der Waals surface area contributed by atoms with Crippen molar-refractivity contribution in [1.29, 1.82) is 0 Å². The molecule has 3 heteroatoms. The number of hydrogen-bond donors (Lipinski definition) is 2. The van der Waals surface area contributed by atoms with Gasteiger partial charge < -0.3 is 15.2 Å². The van der Waals surface area contributed by atoms with Crippen molar-refractivity contribution < 1.29 is 9.84 Å². The Labute approximate surface area is 131 Å². The number of ether oxygens (including phenoxy) is 1. The quantitative estimate of drug-likeness (QED) is 0.845. The molecule has 1 atom stereocenters. The standard InChI is InChI=1S/C19H23NO2/c1-13-5-3-4-6-17(13)19(14-7-8-14)20-16-9-10-18(22-2)15(11-16)12-21/h3-6,9-11,14,19-21H,7-8,12H2,1-2H3. The van der Waals surface area contributed by atoms with E-state index < -0.39 is 0 Å². The van der Waals surface area contributed by atoms with Gasteiger partial charge in [0.25, 0.3) is 0 Å². The van der Waals surface area contributed by atoms with Gasteiger partial charge in [0.2, 0.25) is 0 Å². The van der Waals surface area contributed by atoms with Gasteiger partial charge in [-0.25, -0.2) is 0 Å². The maximum Gasteiger partial charge on any atom is 0.124 e. The fraction of sp³-hybridized carbons (Fsp3) is 0.368. The number of aliphatic hydroxyl groups is 1. The molecule has 0 aliphatic heterocycles. The number of hydrogen-bond acceptors (Lipinski definition) is 3. The number of aliphatic hydroxyl groups excluding tert-OH is 1. The molecule has 0 radical (unpaired) electrons. The van der Waals surface area contributed by atoms with Crippen LogP contribution in [-0.2, 0) is 6.61 Å². The molecule has 0 saturated heterocycles. The first-order valence-electron chi connectivity index (χ1n) is 7.82. The summed E-state index contributed by atoms with van der Waals surface area (Å²) >= 11 is 0. The lowest BCUT2D eigenvalue weighted by Gasteiger charge is -2.22. The first-order chi connectivity index (χ1) is 10.7. The van der Waals surface area contributed by atoms with Crippen molar-refractivity contribution >= 4 is 5.69 Å². The molecule has 1 aliphatic rings. The van der Waals surface area contributed by atoms with Crippen LogP contribution >= 0.6 is 0 Å². The predicted molar refractivity (Wildman–Crippen MR) is 89.2 cm³/mol. The van der Waals surface area contributed by atoms with Crippen LogP contribution in [0.15, 0.2) is 42.5 Å². The summed E-state index contributed by atoms with van der Waals surface area (Å²) in [5.74, 6) is 1.42. The second kappa shape index (κ2) is 6.41. The van der Waals surface area contributed by atoms with Gasteiger partial charge in [-0.1, -0.05) is 24.3 Å². The average molecular weight is 297 g/mol. The lowest BCUT2D eigenvalue weighted by Crippen LogP contribution is -2.14. The molecule has 3 rings (SSSR count). The van der Waals surface area contributed by atoms with Crippen molar-refractivity contribution in [2.24, 2.45) is 5.92 Å². The molecular formula is C19H23NO2. The Bertz CT molecular complexity index is 650. The first-order valence-corrected chi connectivity index (χ1v) is 7.82. The molecule has 1 saturated carbocycles. The van der Waals surface area contributed by atoms with E-state index in [1.807, 2.05) is 18.2 Å². The molecule has 116 valence electrons. The highest BCUT2D eigenvalue weighted by molar-refractivity contribution is 5.53. The van der Waals surface area contributed by atoms with Crippen LogP contribution in [-0.4, -0.2) is 12.2 Å². The summed E-state index contributed by atoms with van der Waals surface area (Å²) in [6.45, 7) is 2.15. The average Bonchev–Trinajstić information content (AvgIpc) is 3.38. The van der Waals surface area contributed by atoms with Crippen LogP contribution in [0, 0.1) is 12.8 Å².